The van der Waals surface area contributed by atoms with Crippen LogP contribution >= 0.6 is 11.8 Å². The molecule has 7 heteroatoms. The van der Waals surface area contributed by atoms with Crippen LogP contribution in [0.5, 0.6) is 0 Å². The zero-order chi connectivity index (χ0) is 12.4. The largest absolute Gasteiger partial charge is 0.478 e. The highest BCUT2D eigenvalue weighted by Gasteiger charge is 2.16. The van der Waals surface area contributed by atoms with Gasteiger partial charge in [-0.2, -0.15) is 0 Å². The Morgan fingerprint density at radius 2 is 2.24 bits per heavy atom. The number of benzene rings is 1. The molecule has 2 rings (SSSR count). The molecule has 0 bridgehead atoms. The number of carboxylic acid groups (broad SMARTS) is 1. The van der Waals surface area contributed by atoms with Crippen LogP contribution in [0.15, 0.2) is 32.7 Å². The van der Waals surface area contributed by atoms with Gasteiger partial charge in [0.25, 0.3) is 5.22 Å². The third-order valence-corrected chi connectivity index (χ3v) is 2.97. The molecule has 17 heavy (non-hydrogen) atoms. The second kappa shape index (κ2) is 4.46. The number of carboxylic acids is 1. The number of carbonyl (C=O) groups is 1. The summed E-state index contributed by atoms with van der Waals surface area (Å²) in [5.74, 6) is -0.630. The Hall–Kier alpha value is -2.02. The van der Waals surface area contributed by atoms with E-state index in [1.807, 2.05) is 0 Å². The Balaban J connectivity index is 2.40. The molecular formula is C10H9N3O3S. The van der Waals surface area contributed by atoms with E-state index in [-0.39, 0.29) is 10.8 Å². The van der Waals surface area contributed by atoms with E-state index in [9.17, 15) is 4.79 Å². The van der Waals surface area contributed by atoms with Gasteiger partial charge in [0, 0.05) is 12.6 Å². The van der Waals surface area contributed by atoms with Gasteiger partial charge in [-0.25, -0.2) is 4.79 Å². The number of aromatic nitrogens is 2. The molecule has 1 aromatic carbocycles. The summed E-state index contributed by atoms with van der Waals surface area (Å²) in [5, 5.41) is 16.7. The average molecular weight is 251 g/mol. The van der Waals surface area contributed by atoms with Crippen LogP contribution in [0.4, 0.5) is 5.69 Å². The van der Waals surface area contributed by atoms with Crippen LogP contribution < -0.4 is 5.73 Å². The standard InChI is InChI=1S/C10H9N3O3S/c1-5-12-13-10(16-5)17-8-6(9(14)15)3-2-4-7(8)11/h2-4H,11H2,1H3,(H,14,15). The molecule has 6 nitrogen and oxygen atoms in total. The molecule has 2 aromatic rings. The summed E-state index contributed by atoms with van der Waals surface area (Å²) in [6.45, 7) is 1.66. The number of anilines is 1. The van der Waals surface area contributed by atoms with Crippen molar-refractivity contribution >= 4 is 23.4 Å². The molecule has 0 radical (unpaired) electrons. The quantitative estimate of drug-likeness (QED) is 0.802. The first-order chi connectivity index (χ1) is 8.08. The van der Waals surface area contributed by atoms with Gasteiger partial charge in [0.15, 0.2) is 0 Å². The second-order valence-corrected chi connectivity index (χ2v) is 4.18. The smallest absolute Gasteiger partial charge is 0.336 e. The Labute approximate surface area is 101 Å². The maximum Gasteiger partial charge on any atom is 0.336 e. The van der Waals surface area contributed by atoms with Crippen molar-refractivity contribution in [2.75, 3.05) is 5.73 Å². The lowest BCUT2D eigenvalue weighted by molar-refractivity contribution is 0.0693. The highest BCUT2D eigenvalue weighted by atomic mass is 32.2. The van der Waals surface area contributed by atoms with Gasteiger partial charge in [-0.1, -0.05) is 6.07 Å². The van der Waals surface area contributed by atoms with Crippen LogP contribution in [-0.2, 0) is 0 Å². The van der Waals surface area contributed by atoms with Crippen LogP contribution in [0.25, 0.3) is 0 Å². The molecule has 0 aliphatic heterocycles. The van der Waals surface area contributed by atoms with Crippen molar-refractivity contribution in [2.45, 2.75) is 17.0 Å². The Kier molecular flexibility index (Phi) is 3.01. The minimum Gasteiger partial charge on any atom is -0.478 e. The number of nitrogens with two attached hydrogens (primary N) is 1. The molecule has 0 unspecified atom stereocenters. The normalized spacial score (nSPS) is 10.4. The number of nitrogens with zero attached hydrogens (tertiary/aromatic N) is 2. The molecular weight excluding hydrogens is 242 g/mol. The van der Waals surface area contributed by atoms with Crippen molar-refractivity contribution in [3.8, 4) is 0 Å². The van der Waals surface area contributed by atoms with Crippen molar-refractivity contribution in [1.29, 1.82) is 0 Å². The minimum atomic E-state index is -1.05. The summed E-state index contributed by atoms with van der Waals surface area (Å²) in [6.07, 6.45) is 0. The highest BCUT2D eigenvalue weighted by Crippen LogP contribution is 2.34. The summed E-state index contributed by atoms with van der Waals surface area (Å²) in [7, 11) is 0. The maximum absolute atomic E-state index is 11.0. The van der Waals surface area contributed by atoms with Gasteiger partial charge in [-0.05, 0) is 23.9 Å². The lowest BCUT2D eigenvalue weighted by atomic mass is 10.2. The molecule has 0 saturated carbocycles. The fraction of sp³-hybridized carbons (Fsp3) is 0.100. The molecule has 88 valence electrons. The van der Waals surface area contributed by atoms with E-state index in [1.54, 1.807) is 19.1 Å². The van der Waals surface area contributed by atoms with Crippen molar-refractivity contribution in [3.63, 3.8) is 0 Å². The number of aromatic carboxylic acids is 1. The van der Waals surface area contributed by atoms with E-state index in [1.165, 1.54) is 6.07 Å². The monoisotopic (exact) mass is 251 g/mol. The topological polar surface area (TPSA) is 102 Å². The van der Waals surface area contributed by atoms with Crippen molar-refractivity contribution < 1.29 is 14.3 Å². The fourth-order valence-corrected chi connectivity index (χ4v) is 2.11. The molecule has 0 aliphatic rings. The van der Waals surface area contributed by atoms with Crippen LogP contribution in [0.3, 0.4) is 0 Å². The fourth-order valence-electron chi connectivity index (χ4n) is 1.24. The first-order valence-electron chi connectivity index (χ1n) is 4.67. The molecule has 0 spiro atoms. The van der Waals surface area contributed by atoms with Crippen molar-refractivity contribution in [3.05, 3.63) is 29.7 Å². The van der Waals surface area contributed by atoms with Gasteiger partial charge in [0.05, 0.1) is 10.5 Å². The number of hydrogen-bond donors (Lipinski definition) is 2. The summed E-state index contributed by atoms with van der Waals surface area (Å²) >= 11 is 1.04. The van der Waals surface area contributed by atoms with Crippen LogP contribution in [0.2, 0.25) is 0 Å². The van der Waals surface area contributed by atoms with Crippen LogP contribution in [0.1, 0.15) is 16.2 Å². The van der Waals surface area contributed by atoms with E-state index in [4.69, 9.17) is 15.3 Å². The van der Waals surface area contributed by atoms with Crippen LogP contribution in [-0.4, -0.2) is 21.3 Å². The molecule has 3 N–H and O–H groups in total. The molecule has 1 aromatic heterocycles. The summed E-state index contributed by atoms with van der Waals surface area (Å²) in [6, 6.07) is 4.68. The third kappa shape index (κ3) is 2.39. The van der Waals surface area contributed by atoms with E-state index < -0.39 is 5.97 Å². The number of hydrogen-bond acceptors (Lipinski definition) is 6. The van der Waals surface area contributed by atoms with Crippen molar-refractivity contribution in [1.82, 2.24) is 10.2 Å². The van der Waals surface area contributed by atoms with E-state index in [2.05, 4.69) is 10.2 Å². The second-order valence-electron chi connectivity index (χ2n) is 3.22. The maximum atomic E-state index is 11.0. The van der Waals surface area contributed by atoms with Gasteiger partial charge < -0.3 is 15.3 Å². The lowest BCUT2D eigenvalue weighted by Gasteiger charge is -2.05. The molecule has 0 amide bonds. The Morgan fingerprint density at radius 3 is 2.82 bits per heavy atom. The summed E-state index contributed by atoms with van der Waals surface area (Å²) < 4.78 is 5.17. The number of rotatable bonds is 3. The average Bonchev–Trinajstić information content (AvgIpc) is 2.67. The molecule has 0 saturated heterocycles. The van der Waals surface area contributed by atoms with Crippen molar-refractivity contribution in [2.24, 2.45) is 0 Å². The zero-order valence-corrected chi connectivity index (χ0v) is 9.69. The molecule has 0 aliphatic carbocycles. The third-order valence-electron chi connectivity index (χ3n) is 1.97. The molecule has 0 fully saturated rings. The Morgan fingerprint density at radius 1 is 1.47 bits per heavy atom. The zero-order valence-electron chi connectivity index (χ0n) is 8.88. The van der Waals surface area contributed by atoms with E-state index >= 15 is 0 Å². The van der Waals surface area contributed by atoms with E-state index in [0.29, 0.717) is 16.5 Å². The minimum absolute atomic E-state index is 0.117. The SMILES string of the molecule is Cc1nnc(Sc2c(N)cccc2C(=O)O)o1. The summed E-state index contributed by atoms with van der Waals surface area (Å²) in [4.78, 5) is 11.4. The number of aryl methyl sites for hydroxylation is 1. The summed E-state index contributed by atoms with van der Waals surface area (Å²) in [5.41, 5.74) is 6.22. The van der Waals surface area contributed by atoms with Gasteiger partial charge in [0.2, 0.25) is 5.89 Å². The molecule has 0 atom stereocenters. The first kappa shape index (κ1) is 11.5. The van der Waals surface area contributed by atoms with Gasteiger partial charge in [-0.15, -0.1) is 10.2 Å². The predicted molar refractivity (Wildman–Crippen MR) is 61.0 cm³/mol. The van der Waals surface area contributed by atoms with Crippen LogP contribution in [0, 0.1) is 6.92 Å². The predicted octanol–water partition coefficient (Wildman–Crippen LogP) is 1.81. The van der Waals surface area contributed by atoms with Gasteiger partial charge in [-0.3, -0.25) is 0 Å². The lowest BCUT2D eigenvalue weighted by Crippen LogP contribution is -2.01. The number of nitrogen functional groups attached to an aromatic ring is 1. The van der Waals surface area contributed by atoms with E-state index in [0.717, 1.165) is 11.8 Å². The van der Waals surface area contributed by atoms with Gasteiger partial charge in [0.1, 0.15) is 0 Å². The Bertz CT molecular complexity index is 568. The van der Waals surface area contributed by atoms with Gasteiger partial charge >= 0.3 is 5.97 Å². The highest BCUT2D eigenvalue weighted by molar-refractivity contribution is 7.99. The first-order valence-corrected chi connectivity index (χ1v) is 5.49. The molecule has 1 heterocycles.